The van der Waals surface area contributed by atoms with E-state index in [0.29, 0.717) is 6.42 Å². The second kappa shape index (κ2) is 5.72. The maximum Gasteiger partial charge on any atom is 0.419 e. The van der Waals surface area contributed by atoms with Crippen LogP contribution in [0.2, 0.25) is 0 Å². The summed E-state index contributed by atoms with van der Waals surface area (Å²) >= 11 is 0. The molecule has 1 atom stereocenters. The van der Waals surface area contributed by atoms with E-state index < -0.39 is 11.7 Å². The first-order valence-corrected chi connectivity index (χ1v) is 7.11. The van der Waals surface area contributed by atoms with E-state index in [-0.39, 0.29) is 5.92 Å². The van der Waals surface area contributed by atoms with Crippen molar-refractivity contribution in [1.82, 2.24) is 4.57 Å². The number of nitrogens with zero attached hydrogens (tertiary/aromatic N) is 1. The van der Waals surface area contributed by atoms with Gasteiger partial charge in [-0.15, -0.1) is 0 Å². The molecule has 0 saturated carbocycles. The normalized spacial score (nSPS) is 13.1. The molecule has 0 aliphatic carbocycles. The van der Waals surface area contributed by atoms with Gasteiger partial charge in [0.25, 0.3) is 0 Å². The van der Waals surface area contributed by atoms with Crippen molar-refractivity contribution in [3.05, 3.63) is 36.0 Å². The van der Waals surface area contributed by atoms with E-state index in [2.05, 4.69) is 0 Å². The fourth-order valence-electron chi connectivity index (χ4n) is 2.32. The highest BCUT2D eigenvalue weighted by Gasteiger charge is 2.23. The fraction of sp³-hybridized carbons (Fsp3) is 0.412. The number of rotatable bonds is 3. The lowest BCUT2D eigenvalue weighted by Crippen LogP contribution is -2.28. The first-order valence-electron chi connectivity index (χ1n) is 7.11. The minimum absolute atomic E-state index is 0.0394. The summed E-state index contributed by atoms with van der Waals surface area (Å²) in [6, 6.07) is 9.60. The average Bonchev–Trinajstić information content (AvgIpc) is 2.76. The van der Waals surface area contributed by atoms with E-state index in [4.69, 9.17) is 4.74 Å². The topological polar surface area (TPSA) is 48.3 Å². The molecule has 0 amide bonds. The van der Waals surface area contributed by atoms with Crippen LogP contribution >= 0.6 is 0 Å². The molecule has 4 nitrogen and oxygen atoms in total. The van der Waals surface area contributed by atoms with E-state index in [1.165, 1.54) is 0 Å². The van der Waals surface area contributed by atoms with Crippen molar-refractivity contribution in [2.24, 2.45) is 0 Å². The van der Waals surface area contributed by atoms with Crippen LogP contribution in [0.4, 0.5) is 4.79 Å². The van der Waals surface area contributed by atoms with Crippen molar-refractivity contribution in [2.75, 3.05) is 0 Å². The number of carbonyl (C=O) groups excluding carboxylic acids is 2. The summed E-state index contributed by atoms with van der Waals surface area (Å²) in [7, 11) is 0. The van der Waals surface area contributed by atoms with E-state index in [1.54, 1.807) is 4.57 Å². The van der Waals surface area contributed by atoms with Gasteiger partial charge in [-0.1, -0.05) is 25.1 Å². The van der Waals surface area contributed by atoms with Gasteiger partial charge in [-0.3, -0.25) is 0 Å². The lowest BCUT2D eigenvalue weighted by atomic mass is 10.0. The summed E-state index contributed by atoms with van der Waals surface area (Å²) in [5, 5.41) is 0.969. The van der Waals surface area contributed by atoms with Crippen LogP contribution in [0.5, 0.6) is 0 Å². The molecule has 21 heavy (non-hydrogen) atoms. The summed E-state index contributed by atoms with van der Waals surface area (Å²) in [4.78, 5) is 23.3. The third kappa shape index (κ3) is 3.32. The molecule has 1 aromatic carbocycles. The predicted molar refractivity (Wildman–Crippen MR) is 82.7 cm³/mol. The van der Waals surface area contributed by atoms with Gasteiger partial charge in [-0.2, -0.15) is 0 Å². The first kappa shape index (κ1) is 15.3. The van der Waals surface area contributed by atoms with Crippen molar-refractivity contribution in [3.8, 4) is 0 Å². The number of fused-ring (bicyclic) bond motifs is 1. The Labute approximate surface area is 124 Å². The molecule has 0 aliphatic heterocycles. The van der Waals surface area contributed by atoms with Crippen LogP contribution in [0.3, 0.4) is 0 Å². The Kier molecular flexibility index (Phi) is 4.16. The largest absolute Gasteiger partial charge is 0.443 e. The number of ether oxygens (including phenoxy) is 1. The molecule has 0 aliphatic rings. The van der Waals surface area contributed by atoms with E-state index in [0.717, 1.165) is 22.9 Å². The van der Waals surface area contributed by atoms with E-state index >= 15 is 0 Å². The maximum absolute atomic E-state index is 12.5. The predicted octanol–water partition coefficient (Wildman–Crippen LogP) is 4.12. The van der Waals surface area contributed by atoms with Gasteiger partial charge in [-0.05, 0) is 32.9 Å². The van der Waals surface area contributed by atoms with E-state index in [1.807, 2.05) is 58.0 Å². The van der Waals surface area contributed by atoms with Crippen molar-refractivity contribution in [1.29, 1.82) is 0 Å². The van der Waals surface area contributed by atoms with Crippen molar-refractivity contribution >= 4 is 23.3 Å². The number of carbonyl (C=O) groups is 2. The third-order valence-corrected chi connectivity index (χ3v) is 3.27. The molecular weight excluding hydrogens is 266 g/mol. The van der Waals surface area contributed by atoms with Crippen molar-refractivity contribution in [2.45, 2.75) is 45.6 Å². The Bertz CT molecular complexity index is 664. The van der Waals surface area contributed by atoms with Crippen LogP contribution in [0.1, 0.15) is 45.7 Å². The molecule has 0 radical (unpaired) electrons. The fourth-order valence-corrected chi connectivity index (χ4v) is 2.32. The van der Waals surface area contributed by atoms with Crippen molar-refractivity contribution in [3.63, 3.8) is 0 Å². The Balaban J connectivity index is 2.55. The Morgan fingerprint density at radius 1 is 1.33 bits per heavy atom. The maximum atomic E-state index is 12.5. The Morgan fingerprint density at radius 2 is 2.00 bits per heavy atom. The number of para-hydroxylation sites is 1. The molecule has 4 heteroatoms. The summed E-state index contributed by atoms with van der Waals surface area (Å²) in [5.74, 6) is -0.0394. The first-order chi connectivity index (χ1) is 9.83. The number of benzene rings is 1. The van der Waals surface area contributed by atoms with Gasteiger partial charge in [0.15, 0.2) is 0 Å². The molecular formula is C17H21NO3. The monoisotopic (exact) mass is 287 g/mol. The summed E-state index contributed by atoms with van der Waals surface area (Å²) in [6.45, 7) is 7.45. The summed E-state index contributed by atoms with van der Waals surface area (Å²) < 4.78 is 7.07. The minimum atomic E-state index is -0.562. The molecule has 0 N–H and O–H groups in total. The van der Waals surface area contributed by atoms with E-state index in [9.17, 15) is 9.59 Å². The van der Waals surface area contributed by atoms with Crippen LogP contribution in [-0.2, 0) is 9.53 Å². The van der Waals surface area contributed by atoms with Crippen LogP contribution in [0.25, 0.3) is 10.9 Å². The molecule has 1 aromatic heterocycles. The van der Waals surface area contributed by atoms with Crippen molar-refractivity contribution < 1.29 is 14.3 Å². The molecule has 0 bridgehead atoms. The lowest BCUT2D eigenvalue weighted by Gasteiger charge is -2.22. The average molecular weight is 287 g/mol. The number of aldehydes is 1. The molecule has 1 heterocycles. The van der Waals surface area contributed by atoms with Gasteiger partial charge in [0.2, 0.25) is 0 Å². The highest BCUT2D eigenvalue weighted by molar-refractivity contribution is 5.91. The zero-order valence-electron chi connectivity index (χ0n) is 12.9. The number of hydrogen-bond acceptors (Lipinski definition) is 3. The van der Waals surface area contributed by atoms with Gasteiger partial charge in [-0.25, -0.2) is 9.36 Å². The summed E-state index contributed by atoms with van der Waals surface area (Å²) in [6.07, 6.45) is 0.845. The second-order valence-corrected chi connectivity index (χ2v) is 6.25. The zero-order valence-corrected chi connectivity index (χ0v) is 12.9. The third-order valence-electron chi connectivity index (χ3n) is 3.27. The highest BCUT2D eigenvalue weighted by atomic mass is 16.6. The molecule has 0 fully saturated rings. The quantitative estimate of drug-likeness (QED) is 0.798. The van der Waals surface area contributed by atoms with Crippen LogP contribution in [-0.4, -0.2) is 22.5 Å². The Hall–Kier alpha value is -2.10. The standard InChI is InChI=1S/C17H21NO3/c1-12(9-10-19)15-11-13-7-5-6-8-14(13)18(15)16(20)21-17(2,3)4/h5-8,10-12H,9H2,1-4H3/t12-/m1/s1. The minimum Gasteiger partial charge on any atom is -0.443 e. The molecule has 0 spiro atoms. The molecule has 2 rings (SSSR count). The number of aromatic nitrogens is 1. The van der Waals surface area contributed by atoms with Crippen LogP contribution in [0.15, 0.2) is 30.3 Å². The molecule has 0 saturated heterocycles. The van der Waals surface area contributed by atoms with Gasteiger partial charge in [0.05, 0.1) is 5.52 Å². The molecule has 112 valence electrons. The van der Waals surface area contributed by atoms with Gasteiger partial charge >= 0.3 is 6.09 Å². The Morgan fingerprint density at radius 3 is 2.62 bits per heavy atom. The van der Waals surface area contributed by atoms with Crippen LogP contribution in [0, 0.1) is 0 Å². The second-order valence-electron chi connectivity index (χ2n) is 6.25. The zero-order chi connectivity index (χ0) is 15.6. The molecule has 2 aromatic rings. The van der Waals surface area contributed by atoms with Gasteiger partial charge in [0.1, 0.15) is 11.9 Å². The highest BCUT2D eigenvalue weighted by Crippen LogP contribution is 2.28. The SMILES string of the molecule is C[C@H](CC=O)c1cc2ccccc2n1C(=O)OC(C)(C)C. The lowest BCUT2D eigenvalue weighted by molar-refractivity contribution is -0.108. The molecule has 0 unspecified atom stereocenters. The number of hydrogen-bond donors (Lipinski definition) is 0. The summed E-state index contributed by atoms with van der Waals surface area (Å²) in [5.41, 5.74) is 1.05. The smallest absolute Gasteiger partial charge is 0.419 e. The van der Waals surface area contributed by atoms with Crippen LogP contribution < -0.4 is 0 Å². The van der Waals surface area contributed by atoms with Gasteiger partial charge < -0.3 is 9.53 Å². The van der Waals surface area contributed by atoms with Gasteiger partial charge in [0, 0.05) is 23.4 Å².